The van der Waals surface area contributed by atoms with E-state index in [0.29, 0.717) is 11.5 Å². The number of hydrogen-bond acceptors (Lipinski definition) is 1. The van der Waals surface area contributed by atoms with Crippen molar-refractivity contribution in [2.45, 2.75) is 64.8 Å². The van der Waals surface area contributed by atoms with E-state index in [0.717, 1.165) is 0 Å². The Balaban J connectivity index is 1.90. The maximum Gasteiger partial charge on any atom is 0.00992 e. The van der Waals surface area contributed by atoms with Gasteiger partial charge in [-0.25, -0.2) is 0 Å². The Kier molecular flexibility index (Phi) is 3.57. The summed E-state index contributed by atoms with van der Waals surface area (Å²) in [5.74, 6) is 0. The van der Waals surface area contributed by atoms with Crippen LogP contribution in [0.2, 0.25) is 0 Å². The second-order valence-corrected chi connectivity index (χ2v) is 4.63. The van der Waals surface area contributed by atoms with Crippen LogP contribution in [-0.2, 0) is 0 Å². The number of unbranched alkanes of at least 4 members (excludes halogenated alkanes) is 4. The Labute approximate surface area is 76.7 Å². The van der Waals surface area contributed by atoms with Gasteiger partial charge in [-0.2, -0.15) is 0 Å². The lowest BCUT2D eigenvalue weighted by Crippen LogP contribution is -2.10. The van der Waals surface area contributed by atoms with Gasteiger partial charge in [-0.05, 0) is 18.3 Å². The average Bonchev–Trinajstić information content (AvgIpc) is 2.60. The first-order chi connectivity index (χ1) is 5.69. The van der Waals surface area contributed by atoms with Crippen LogP contribution in [0.15, 0.2) is 0 Å². The molecule has 0 spiro atoms. The van der Waals surface area contributed by atoms with Crippen LogP contribution in [0.5, 0.6) is 0 Å². The van der Waals surface area contributed by atoms with Gasteiger partial charge in [-0.1, -0.05) is 46.0 Å². The maximum absolute atomic E-state index is 5.84. The molecule has 1 fully saturated rings. The second kappa shape index (κ2) is 4.27. The monoisotopic (exact) mass is 169 g/mol. The molecule has 1 heteroatoms. The molecule has 1 aliphatic carbocycles. The second-order valence-electron chi connectivity index (χ2n) is 4.63. The first kappa shape index (κ1) is 10.0. The molecule has 0 saturated heterocycles. The third-order valence-electron chi connectivity index (χ3n) is 3.27. The highest BCUT2D eigenvalue weighted by atomic mass is 14.8. The molecule has 0 bridgehead atoms. The van der Waals surface area contributed by atoms with Gasteiger partial charge >= 0.3 is 0 Å². The third kappa shape index (κ3) is 2.78. The van der Waals surface area contributed by atoms with Crippen LogP contribution in [0.1, 0.15) is 58.8 Å². The van der Waals surface area contributed by atoms with E-state index in [4.69, 9.17) is 5.73 Å². The maximum atomic E-state index is 5.84. The van der Waals surface area contributed by atoms with Gasteiger partial charge in [0.15, 0.2) is 0 Å². The van der Waals surface area contributed by atoms with Crippen LogP contribution in [0, 0.1) is 5.41 Å². The third-order valence-corrected chi connectivity index (χ3v) is 3.27. The first-order valence-electron chi connectivity index (χ1n) is 5.44. The summed E-state index contributed by atoms with van der Waals surface area (Å²) >= 11 is 0. The zero-order chi connectivity index (χ0) is 9.03. The van der Waals surface area contributed by atoms with Crippen LogP contribution in [0.3, 0.4) is 0 Å². The van der Waals surface area contributed by atoms with E-state index >= 15 is 0 Å². The zero-order valence-corrected chi connectivity index (χ0v) is 8.60. The molecule has 72 valence electrons. The summed E-state index contributed by atoms with van der Waals surface area (Å²) in [6.07, 6.45) is 9.60. The molecule has 12 heavy (non-hydrogen) atoms. The predicted molar refractivity (Wildman–Crippen MR) is 54.1 cm³/mol. The summed E-state index contributed by atoms with van der Waals surface area (Å²) in [5.41, 5.74) is 6.38. The van der Waals surface area contributed by atoms with Crippen molar-refractivity contribution in [3.63, 3.8) is 0 Å². The van der Waals surface area contributed by atoms with Crippen molar-refractivity contribution in [3.8, 4) is 0 Å². The van der Waals surface area contributed by atoms with Gasteiger partial charge < -0.3 is 5.73 Å². The van der Waals surface area contributed by atoms with Crippen LogP contribution >= 0.6 is 0 Å². The molecule has 0 aromatic heterocycles. The molecule has 2 atom stereocenters. The van der Waals surface area contributed by atoms with Gasteiger partial charge in [0.25, 0.3) is 0 Å². The van der Waals surface area contributed by atoms with E-state index in [1.165, 1.54) is 44.9 Å². The SMILES string of the molecule is CCCCCCCC1(C)CC1N. The fourth-order valence-electron chi connectivity index (χ4n) is 1.86. The fourth-order valence-corrected chi connectivity index (χ4v) is 1.86. The van der Waals surface area contributed by atoms with Crippen LogP contribution in [0.4, 0.5) is 0 Å². The minimum absolute atomic E-state index is 0.517. The molecule has 0 heterocycles. The van der Waals surface area contributed by atoms with E-state index < -0.39 is 0 Å². The fraction of sp³-hybridized carbons (Fsp3) is 1.00. The highest BCUT2D eigenvalue weighted by molar-refractivity contribution is 5.02. The molecular weight excluding hydrogens is 146 g/mol. The van der Waals surface area contributed by atoms with Gasteiger partial charge in [0.05, 0.1) is 0 Å². The number of rotatable bonds is 6. The van der Waals surface area contributed by atoms with E-state index in [9.17, 15) is 0 Å². The molecule has 0 radical (unpaired) electrons. The summed E-state index contributed by atoms with van der Waals surface area (Å²) in [6.45, 7) is 4.59. The molecule has 1 saturated carbocycles. The van der Waals surface area contributed by atoms with Crippen molar-refractivity contribution in [2.24, 2.45) is 11.1 Å². The van der Waals surface area contributed by atoms with Crippen molar-refractivity contribution in [1.29, 1.82) is 0 Å². The van der Waals surface area contributed by atoms with Crippen molar-refractivity contribution >= 4 is 0 Å². The van der Waals surface area contributed by atoms with Gasteiger partial charge in [-0.3, -0.25) is 0 Å². The van der Waals surface area contributed by atoms with Crippen molar-refractivity contribution in [2.75, 3.05) is 0 Å². The largest absolute Gasteiger partial charge is 0.327 e. The van der Waals surface area contributed by atoms with Crippen molar-refractivity contribution in [3.05, 3.63) is 0 Å². The van der Waals surface area contributed by atoms with Crippen LogP contribution in [0.25, 0.3) is 0 Å². The van der Waals surface area contributed by atoms with Gasteiger partial charge in [0.1, 0.15) is 0 Å². The number of nitrogens with two attached hydrogens (primary N) is 1. The van der Waals surface area contributed by atoms with Crippen LogP contribution < -0.4 is 5.73 Å². The van der Waals surface area contributed by atoms with Crippen molar-refractivity contribution in [1.82, 2.24) is 0 Å². The van der Waals surface area contributed by atoms with Gasteiger partial charge in [0, 0.05) is 6.04 Å². The summed E-state index contributed by atoms with van der Waals surface area (Å²) < 4.78 is 0. The molecular formula is C11H23N. The Morgan fingerprint density at radius 3 is 2.33 bits per heavy atom. The highest BCUT2D eigenvalue weighted by Crippen LogP contribution is 2.47. The molecule has 0 aromatic rings. The molecule has 0 amide bonds. The summed E-state index contributed by atoms with van der Waals surface area (Å²) in [5, 5.41) is 0. The molecule has 2 unspecified atom stereocenters. The Bertz CT molecular complexity index is 133. The Hall–Kier alpha value is -0.0400. The lowest BCUT2D eigenvalue weighted by molar-refractivity contribution is 0.456. The van der Waals surface area contributed by atoms with E-state index in [1.807, 2.05) is 0 Å². The lowest BCUT2D eigenvalue weighted by atomic mass is 9.99. The smallest absolute Gasteiger partial charge is 0.00992 e. The summed E-state index contributed by atoms with van der Waals surface area (Å²) in [6, 6.07) is 0.517. The Morgan fingerprint density at radius 1 is 1.25 bits per heavy atom. The summed E-state index contributed by atoms with van der Waals surface area (Å²) in [7, 11) is 0. The summed E-state index contributed by atoms with van der Waals surface area (Å²) in [4.78, 5) is 0. The van der Waals surface area contributed by atoms with Crippen LogP contribution in [-0.4, -0.2) is 6.04 Å². The topological polar surface area (TPSA) is 26.0 Å². The molecule has 1 nitrogen and oxygen atoms in total. The molecule has 1 aliphatic rings. The standard InChI is InChI=1S/C11H23N/c1-3-4-5-6-7-8-11(2)9-10(11)12/h10H,3-9,12H2,1-2H3. The van der Waals surface area contributed by atoms with Crippen molar-refractivity contribution < 1.29 is 0 Å². The minimum Gasteiger partial charge on any atom is -0.327 e. The zero-order valence-electron chi connectivity index (χ0n) is 8.60. The van der Waals surface area contributed by atoms with E-state index in [2.05, 4.69) is 13.8 Å². The average molecular weight is 169 g/mol. The van der Waals surface area contributed by atoms with E-state index in [1.54, 1.807) is 0 Å². The predicted octanol–water partition coefficient (Wildman–Crippen LogP) is 3.08. The molecule has 0 aromatic carbocycles. The quantitative estimate of drug-likeness (QED) is 0.607. The first-order valence-corrected chi connectivity index (χ1v) is 5.44. The lowest BCUT2D eigenvalue weighted by Gasteiger charge is -2.08. The molecule has 2 N–H and O–H groups in total. The van der Waals surface area contributed by atoms with Gasteiger partial charge in [-0.15, -0.1) is 0 Å². The normalized spacial score (nSPS) is 33.8. The molecule has 1 rings (SSSR count). The highest BCUT2D eigenvalue weighted by Gasteiger charge is 2.46. The van der Waals surface area contributed by atoms with E-state index in [-0.39, 0.29) is 0 Å². The Morgan fingerprint density at radius 2 is 1.83 bits per heavy atom. The number of hydrogen-bond donors (Lipinski definition) is 1. The molecule has 0 aliphatic heterocycles. The minimum atomic E-state index is 0.517. The van der Waals surface area contributed by atoms with Gasteiger partial charge in [0.2, 0.25) is 0 Å².